The van der Waals surface area contributed by atoms with Gasteiger partial charge in [-0.05, 0) is 12.1 Å². The van der Waals surface area contributed by atoms with Crippen molar-refractivity contribution in [3.8, 4) is 0 Å². The SMILES string of the molecule is O=C(O)C(F)(F)F.O=C(O)CCSSCCNC(=O)c1c[nH]c2cc(Cl)ccc12. The van der Waals surface area contributed by atoms with Gasteiger partial charge in [-0.25, -0.2) is 4.79 Å². The molecule has 0 radical (unpaired) electrons. The van der Waals surface area contributed by atoms with Gasteiger partial charge >= 0.3 is 18.1 Å². The highest BCUT2D eigenvalue weighted by Gasteiger charge is 2.38. The normalized spacial score (nSPS) is 10.9. The third kappa shape index (κ3) is 9.33. The highest BCUT2D eigenvalue weighted by atomic mass is 35.5. The Kier molecular flexibility index (Phi) is 10.2. The Balaban J connectivity index is 0.000000516. The van der Waals surface area contributed by atoms with Gasteiger partial charge in [0.15, 0.2) is 0 Å². The number of halogens is 4. The number of H-pyrrole nitrogens is 1. The fourth-order valence-electron chi connectivity index (χ4n) is 1.83. The standard InChI is InChI=1S/C14H15ClN2O3S2.C2HF3O2/c15-9-1-2-10-11(8-17-12(10)7-9)14(20)16-4-6-22-21-5-3-13(18)19;3-2(4,5)1(6)7/h1-2,7-8,17H,3-6H2,(H,16,20)(H,18,19);(H,6,7). The first-order chi connectivity index (χ1) is 13.5. The van der Waals surface area contributed by atoms with E-state index in [2.05, 4.69) is 10.3 Å². The number of aromatic amines is 1. The van der Waals surface area contributed by atoms with Crippen LogP contribution in [-0.4, -0.2) is 57.3 Å². The van der Waals surface area contributed by atoms with E-state index in [1.165, 1.54) is 10.8 Å². The summed E-state index contributed by atoms with van der Waals surface area (Å²) in [4.78, 5) is 34.4. The molecular weight excluding hydrogens is 457 g/mol. The zero-order valence-corrected chi connectivity index (χ0v) is 17.0. The summed E-state index contributed by atoms with van der Waals surface area (Å²) in [6, 6.07) is 5.35. The van der Waals surface area contributed by atoms with Gasteiger partial charge in [0.25, 0.3) is 5.91 Å². The Morgan fingerprint density at radius 1 is 1.14 bits per heavy atom. The van der Waals surface area contributed by atoms with Crippen LogP contribution in [0.15, 0.2) is 24.4 Å². The largest absolute Gasteiger partial charge is 0.490 e. The molecule has 1 heterocycles. The van der Waals surface area contributed by atoms with Crippen molar-refractivity contribution in [2.75, 3.05) is 18.1 Å². The molecule has 4 N–H and O–H groups in total. The lowest BCUT2D eigenvalue weighted by atomic mass is 10.1. The molecule has 2 aromatic rings. The summed E-state index contributed by atoms with van der Waals surface area (Å²) in [6.45, 7) is 0.532. The van der Waals surface area contributed by atoms with Crippen LogP contribution in [0, 0.1) is 0 Å². The summed E-state index contributed by atoms with van der Waals surface area (Å²) in [5.41, 5.74) is 1.42. The third-order valence-electron chi connectivity index (χ3n) is 3.08. The second-order valence-corrected chi connectivity index (χ2v) is 8.38. The summed E-state index contributed by atoms with van der Waals surface area (Å²) in [5, 5.41) is 19.9. The van der Waals surface area contributed by atoms with Gasteiger partial charge in [0, 0.05) is 40.2 Å². The minimum absolute atomic E-state index is 0.135. The van der Waals surface area contributed by atoms with E-state index >= 15 is 0 Å². The van der Waals surface area contributed by atoms with Gasteiger partial charge in [0.1, 0.15) is 0 Å². The van der Waals surface area contributed by atoms with Crippen LogP contribution < -0.4 is 5.32 Å². The molecule has 1 aromatic carbocycles. The number of rotatable bonds is 8. The quantitative estimate of drug-likeness (QED) is 0.338. The molecule has 7 nitrogen and oxygen atoms in total. The van der Waals surface area contributed by atoms with E-state index in [1.807, 2.05) is 6.07 Å². The number of amides is 1. The predicted octanol–water partition coefficient (Wildman–Crippen LogP) is 4.04. The van der Waals surface area contributed by atoms with Crippen molar-refractivity contribution >= 4 is 61.9 Å². The van der Waals surface area contributed by atoms with Crippen LogP contribution in [0.5, 0.6) is 0 Å². The number of carbonyl (C=O) groups excluding carboxylic acids is 1. The lowest BCUT2D eigenvalue weighted by molar-refractivity contribution is -0.192. The first-order valence-corrected chi connectivity index (χ1v) is 10.7. The van der Waals surface area contributed by atoms with Crippen molar-refractivity contribution in [1.82, 2.24) is 10.3 Å². The monoisotopic (exact) mass is 472 g/mol. The van der Waals surface area contributed by atoms with Crippen molar-refractivity contribution in [3.05, 3.63) is 35.0 Å². The lowest BCUT2D eigenvalue weighted by Gasteiger charge is -2.04. The van der Waals surface area contributed by atoms with Gasteiger partial charge < -0.3 is 20.5 Å². The number of hydrogen-bond acceptors (Lipinski definition) is 5. The van der Waals surface area contributed by atoms with Gasteiger partial charge in [-0.15, -0.1) is 0 Å². The van der Waals surface area contributed by atoms with E-state index in [0.29, 0.717) is 22.9 Å². The number of carboxylic acids is 2. The molecule has 1 amide bonds. The number of aromatic nitrogens is 1. The fourth-order valence-corrected chi connectivity index (χ4v) is 3.89. The number of hydrogen-bond donors (Lipinski definition) is 4. The highest BCUT2D eigenvalue weighted by Crippen LogP contribution is 2.23. The predicted molar refractivity (Wildman–Crippen MR) is 107 cm³/mol. The van der Waals surface area contributed by atoms with E-state index in [-0.39, 0.29) is 12.3 Å². The number of nitrogens with one attached hydrogen (secondary N) is 2. The molecule has 2 rings (SSSR count). The molecule has 13 heteroatoms. The zero-order chi connectivity index (χ0) is 22.0. The highest BCUT2D eigenvalue weighted by molar-refractivity contribution is 8.76. The van der Waals surface area contributed by atoms with E-state index in [1.54, 1.807) is 29.1 Å². The Bertz CT molecular complexity index is 861. The lowest BCUT2D eigenvalue weighted by Crippen LogP contribution is -2.25. The molecule has 0 spiro atoms. The van der Waals surface area contributed by atoms with Crippen molar-refractivity contribution < 1.29 is 37.8 Å². The summed E-state index contributed by atoms with van der Waals surface area (Å²) in [6.07, 6.45) is -3.26. The number of fused-ring (bicyclic) bond motifs is 1. The van der Waals surface area contributed by atoms with Gasteiger partial charge in [-0.1, -0.05) is 39.3 Å². The number of carboxylic acid groups (broad SMARTS) is 2. The van der Waals surface area contributed by atoms with Crippen molar-refractivity contribution in [2.24, 2.45) is 0 Å². The maximum Gasteiger partial charge on any atom is 0.490 e. The van der Waals surface area contributed by atoms with E-state index in [4.69, 9.17) is 26.6 Å². The van der Waals surface area contributed by atoms with Gasteiger partial charge in [-0.2, -0.15) is 13.2 Å². The van der Waals surface area contributed by atoms with Crippen LogP contribution in [-0.2, 0) is 9.59 Å². The average Bonchev–Trinajstić information content (AvgIpc) is 3.03. The minimum Gasteiger partial charge on any atom is -0.481 e. The molecule has 1 aromatic heterocycles. The summed E-state index contributed by atoms with van der Waals surface area (Å²) < 4.78 is 31.7. The van der Waals surface area contributed by atoms with E-state index in [9.17, 15) is 22.8 Å². The van der Waals surface area contributed by atoms with Gasteiger partial charge in [-0.3, -0.25) is 9.59 Å². The maximum absolute atomic E-state index is 12.1. The molecule has 0 aliphatic rings. The number of aliphatic carboxylic acids is 2. The molecule has 0 saturated carbocycles. The third-order valence-corrected chi connectivity index (χ3v) is 5.73. The Morgan fingerprint density at radius 3 is 2.34 bits per heavy atom. The molecule has 0 unspecified atom stereocenters. The Hall–Kier alpha value is -2.05. The minimum atomic E-state index is -5.08. The smallest absolute Gasteiger partial charge is 0.481 e. The molecule has 160 valence electrons. The van der Waals surface area contributed by atoms with Crippen LogP contribution in [0.1, 0.15) is 16.8 Å². The van der Waals surface area contributed by atoms with Crippen molar-refractivity contribution in [1.29, 1.82) is 0 Å². The van der Waals surface area contributed by atoms with Crippen LogP contribution in [0.2, 0.25) is 5.02 Å². The topological polar surface area (TPSA) is 119 Å². The summed E-state index contributed by atoms with van der Waals surface area (Å²) in [7, 11) is 3.05. The Labute approximate surface area is 175 Å². The van der Waals surface area contributed by atoms with E-state index < -0.39 is 18.1 Å². The first kappa shape index (κ1) is 25.0. The molecule has 0 saturated heterocycles. The molecule has 0 aliphatic heterocycles. The molecule has 0 aliphatic carbocycles. The summed E-state index contributed by atoms with van der Waals surface area (Å²) in [5.74, 6) is -2.39. The van der Waals surface area contributed by atoms with Gasteiger partial charge in [0.05, 0.1) is 12.0 Å². The number of alkyl halides is 3. The first-order valence-electron chi connectivity index (χ1n) is 7.83. The van der Waals surface area contributed by atoms with Crippen LogP contribution >= 0.6 is 33.2 Å². The van der Waals surface area contributed by atoms with Crippen LogP contribution in [0.3, 0.4) is 0 Å². The van der Waals surface area contributed by atoms with Crippen molar-refractivity contribution in [2.45, 2.75) is 12.6 Å². The second-order valence-electron chi connectivity index (χ2n) is 5.24. The zero-order valence-electron chi connectivity index (χ0n) is 14.6. The summed E-state index contributed by atoms with van der Waals surface area (Å²) >= 11 is 5.91. The molecule has 0 atom stereocenters. The van der Waals surface area contributed by atoms with Crippen LogP contribution in [0.4, 0.5) is 13.2 Å². The average molecular weight is 473 g/mol. The molecule has 29 heavy (non-hydrogen) atoms. The molecule has 0 bridgehead atoms. The fraction of sp³-hybridized carbons (Fsp3) is 0.312. The van der Waals surface area contributed by atoms with Gasteiger partial charge in [0.2, 0.25) is 0 Å². The Morgan fingerprint density at radius 2 is 1.76 bits per heavy atom. The number of carbonyl (C=O) groups is 3. The second kappa shape index (κ2) is 11.8. The molecule has 0 fully saturated rings. The molecular formula is C16H16ClF3N2O5S2. The van der Waals surface area contributed by atoms with E-state index in [0.717, 1.165) is 16.7 Å². The number of benzene rings is 1. The maximum atomic E-state index is 12.1. The van der Waals surface area contributed by atoms with Crippen LogP contribution in [0.25, 0.3) is 10.9 Å². The van der Waals surface area contributed by atoms with Crippen molar-refractivity contribution in [3.63, 3.8) is 0 Å².